The molecule has 0 aliphatic carbocycles. The molecule has 1 rings (SSSR count). The van der Waals surface area contributed by atoms with Crippen molar-refractivity contribution in [3.8, 4) is 5.75 Å². The molecule has 0 atom stereocenters. The van der Waals surface area contributed by atoms with Crippen LogP contribution in [-0.2, 0) is 0 Å². The Morgan fingerprint density at radius 2 is 2.17 bits per heavy atom. The number of hydrogen-bond acceptors (Lipinski definition) is 1. The molecule has 0 radical (unpaired) electrons. The highest BCUT2D eigenvalue weighted by Crippen LogP contribution is 2.28. The monoisotopic (exact) mass is 192 g/mol. The standard InChI is InChI=1S/C8H7ClF2O/c1-5-2-6(11)3-7(8(5)9)12-4-10/h2-3H,4H2,1H3. The molecule has 1 nitrogen and oxygen atoms in total. The molecule has 0 unspecified atom stereocenters. The Morgan fingerprint density at radius 3 is 2.75 bits per heavy atom. The van der Waals surface area contributed by atoms with Crippen LogP contribution in [-0.4, -0.2) is 6.86 Å². The molecule has 0 spiro atoms. The molecule has 0 fully saturated rings. The summed E-state index contributed by atoms with van der Waals surface area (Å²) in [5.74, 6) is -0.447. The summed E-state index contributed by atoms with van der Waals surface area (Å²) < 4.78 is 28.8. The van der Waals surface area contributed by atoms with Crippen LogP contribution in [0.3, 0.4) is 0 Å². The highest BCUT2D eigenvalue weighted by molar-refractivity contribution is 6.32. The molecular weight excluding hydrogens is 186 g/mol. The molecule has 1 aromatic carbocycles. The summed E-state index contributed by atoms with van der Waals surface area (Å²) in [6.07, 6.45) is 0. The molecule has 12 heavy (non-hydrogen) atoms. The van der Waals surface area contributed by atoms with E-state index >= 15 is 0 Å². The van der Waals surface area contributed by atoms with Gasteiger partial charge in [-0.25, -0.2) is 8.78 Å². The highest BCUT2D eigenvalue weighted by atomic mass is 35.5. The van der Waals surface area contributed by atoms with Crippen molar-refractivity contribution in [3.63, 3.8) is 0 Å². The van der Waals surface area contributed by atoms with E-state index in [2.05, 4.69) is 4.74 Å². The number of halogens is 3. The van der Waals surface area contributed by atoms with Gasteiger partial charge < -0.3 is 4.74 Å². The van der Waals surface area contributed by atoms with Gasteiger partial charge in [0.05, 0.1) is 5.02 Å². The summed E-state index contributed by atoms with van der Waals surface area (Å²) in [4.78, 5) is 0. The van der Waals surface area contributed by atoms with E-state index in [4.69, 9.17) is 11.6 Å². The van der Waals surface area contributed by atoms with Crippen LogP contribution in [0.25, 0.3) is 0 Å². The second-order valence-electron chi connectivity index (χ2n) is 2.29. The van der Waals surface area contributed by atoms with Crippen molar-refractivity contribution in [2.45, 2.75) is 6.92 Å². The van der Waals surface area contributed by atoms with Gasteiger partial charge in [0.2, 0.25) is 6.86 Å². The summed E-state index contributed by atoms with van der Waals surface area (Å²) in [7, 11) is 0. The van der Waals surface area contributed by atoms with Gasteiger partial charge in [0.15, 0.2) is 0 Å². The van der Waals surface area contributed by atoms with Crippen molar-refractivity contribution in [1.29, 1.82) is 0 Å². The van der Waals surface area contributed by atoms with E-state index in [9.17, 15) is 8.78 Å². The van der Waals surface area contributed by atoms with Gasteiger partial charge in [-0.1, -0.05) is 11.6 Å². The van der Waals surface area contributed by atoms with E-state index in [1.54, 1.807) is 6.92 Å². The number of hydrogen-bond donors (Lipinski definition) is 0. The van der Waals surface area contributed by atoms with Crippen molar-refractivity contribution in [1.82, 2.24) is 0 Å². The van der Waals surface area contributed by atoms with Gasteiger partial charge in [-0.15, -0.1) is 0 Å². The molecule has 0 aliphatic rings. The summed E-state index contributed by atoms with van der Waals surface area (Å²) in [5, 5.41) is 0.244. The molecule has 66 valence electrons. The summed E-state index contributed by atoms with van der Waals surface area (Å²) in [6, 6.07) is 2.31. The van der Waals surface area contributed by atoms with Crippen LogP contribution in [0.15, 0.2) is 12.1 Å². The van der Waals surface area contributed by atoms with Crippen LogP contribution in [0, 0.1) is 12.7 Å². The average Bonchev–Trinajstić information content (AvgIpc) is 2.00. The Morgan fingerprint density at radius 1 is 1.50 bits per heavy atom. The number of aryl methyl sites for hydroxylation is 1. The van der Waals surface area contributed by atoms with Gasteiger partial charge in [0.1, 0.15) is 11.6 Å². The van der Waals surface area contributed by atoms with Crippen molar-refractivity contribution >= 4 is 11.6 Å². The smallest absolute Gasteiger partial charge is 0.228 e. The zero-order valence-electron chi connectivity index (χ0n) is 6.40. The van der Waals surface area contributed by atoms with Crippen molar-refractivity contribution in [2.75, 3.05) is 6.86 Å². The SMILES string of the molecule is Cc1cc(F)cc(OCF)c1Cl. The Balaban J connectivity index is 3.09. The maximum atomic E-state index is 12.7. The lowest BCUT2D eigenvalue weighted by atomic mass is 10.2. The largest absolute Gasteiger partial charge is 0.461 e. The molecule has 0 saturated carbocycles. The maximum Gasteiger partial charge on any atom is 0.228 e. The Labute approximate surface area is 73.9 Å². The Kier molecular flexibility index (Phi) is 2.87. The van der Waals surface area contributed by atoms with E-state index in [1.807, 2.05) is 0 Å². The molecule has 0 saturated heterocycles. The number of rotatable bonds is 2. The summed E-state index contributed by atoms with van der Waals surface area (Å²) in [6.45, 7) is 0.610. The van der Waals surface area contributed by atoms with Crippen LogP contribution < -0.4 is 4.74 Å². The summed E-state index contributed by atoms with van der Waals surface area (Å²) in [5.41, 5.74) is 0.528. The minimum Gasteiger partial charge on any atom is -0.461 e. The molecular formula is C8H7ClF2O. The van der Waals surface area contributed by atoms with Gasteiger partial charge in [-0.05, 0) is 18.6 Å². The predicted octanol–water partition coefficient (Wildman–Crippen LogP) is 3.09. The third-order valence-corrected chi connectivity index (χ3v) is 1.88. The Bertz CT molecular complexity index is 289. The maximum absolute atomic E-state index is 12.7. The number of ether oxygens (including phenoxy) is 1. The Hall–Kier alpha value is -0.830. The third kappa shape index (κ3) is 1.85. The lowest BCUT2D eigenvalue weighted by molar-refractivity contribution is 0.191. The first-order chi connectivity index (χ1) is 5.65. The second kappa shape index (κ2) is 3.72. The van der Waals surface area contributed by atoms with Crippen molar-refractivity contribution in [3.05, 3.63) is 28.5 Å². The number of alkyl halides is 1. The van der Waals surface area contributed by atoms with Crippen LogP contribution >= 0.6 is 11.6 Å². The molecule has 1 aromatic rings. The minimum absolute atomic E-state index is 0.0386. The van der Waals surface area contributed by atoms with Crippen molar-refractivity contribution < 1.29 is 13.5 Å². The van der Waals surface area contributed by atoms with Gasteiger partial charge in [-0.3, -0.25) is 0 Å². The average molecular weight is 193 g/mol. The van der Waals surface area contributed by atoms with Crippen LogP contribution in [0.2, 0.25) is 5.02 Å². The van der Waals surface area contributed by atoms with E-state index < -0.39 is 12.7 Å². The zero-order valence-corrected chi connectivity index (χ0v) is 7.16. The lowest BCUT2D eigenvalue weighted by Gasteiger charge is -2.05. The molecule has 0 N–H and O–H groups in total. The van der Waals surface area contributed by atoms with Crippen LogP contribution in [0.1, 0.15) is 5.56 Å². The third-order valence-electron chi connectivity index (χ3n) is 1.40. The fourth-order valence-corrected chi connectivity index (χ4v) is 1.02. The van der Waals surface area contributed by atoms with Crippen LogP contribution in [0.4, 0.5) is 8.78 Å². The lowest BCUT2D eigenvalue weighted by Crippen LogP contribution is -1.93. The van der Waals surface area contributed by atoms with Gasteiger partial charge in [0, 0.05) is 6.07 Å². The molecule has 4 heteroatoms. The molecule has 0 amide bonds. The molecule has 0 bridgehead atoms. The highest BCUT2D eigenvalue weighted by Gasteiger charge is 2.06. The van der Waals surface area contributed by atoms with Crippen LogP contribution in [0.5, 0.6) is 5.75 Å². The zero-order chi connectivity index (χ0) is 9.14. The normalized spacial score (nSPS) is 10.0. The van der Waals surface area contributed by atoms with E-state index in [1.165, 1.54) is 6.07 Å². The minimum atomic E-state index is -1.01. The van der Waals surface area contributed by atoms with Gasteiger partial charge in [0.25, 0.3) is 0 Å². The second-order valence-corrected chi connectivity index (χ2v) is 2.67. The fraction of sp³-hybridized carbons (Fsp3) is 0.250. The van der Waals surface area contributed by atoms with E-state index in [0.717, 1.165) is 6.07 Å². The van der Waals surface area contributed by atoms with Crippen molar-refractivity contribution in [2.24, 2.45) is 0 Å². The van der Waals surface area contributed by atoms with E-state index in [0.29, 0.717) is 5.56 Å². The number of benzene rings is 1. The fourth-order valence-electron chi connectivity index (χ4n) is 0.859. The molecule has 0 heterocycles. The first-order valence-electron chi connectivity index (χ1n) is 3.29. The van der Waals surface area contributed by atoms with Gasteiger partial charge >= 0.3 is 0 Å². The summed E-state index contributed by atoms with van der Waals surface area (Å²) >= 11 is 5.69. The first-order valence-corrected chi connectivity index (χ1v) is 3.67. The van der Waals surface area contributed by atoms with E-state index in [-0.39, 0.29) is 10.8 Å². The predicted molar refractivity (Wildman–Crippen MR) is 42.8 cm³/mol. The van der Waals surface area contributed by atoms with Gasteiger partial charge in [-0.2, -0.15) is 0 Å². The quantitative estimate of drug-likeness (QED) is 0.700. The molecule has 0 aromatic heterocycles. The topological polar surface area (TPSA) is 9.23 Å². The first kappa shape index (κ1) is 9.26. The molecule has 0 aliphatic heterocycles.